The molecule has 3 aromatic rings. The number of fused-ring (bicyclic) bond motifs is 1. The molecule has 3 heterocycles. The number of aromatic nitrogens is 5. The SMILES string of the molecule is CCc1nc(Cn2ccnc2-c2nc3c(s2)CCCC3)no1. The highest BCUT2D eigenvalue weighted by molar-refractivity contribution is 7.15. The number of thiazole rings is 1. The van der Waals surface area contributed by atoms with Gasteiger partial charge in [-0.05, 0) is 25.7 Å². The van der Waals surface area contributed by atoms with Crippen molar-refractivity contribution in [2.75, 3.05) is 0 Å². The van der Waals surface area contributed by atoms with E-state index in [0.717, 1.165) is 30.1 Å². The van der Waals surface area contributed by atoms with E-state index in [2.05, 4.69) is 15.1 Å². The Morgan fingerprint density at radius 3 is 3.00 bits per heavy atom. The number of nitrogens with zero attached hydrogens (tertiary/aromatic N) is 5. The number of imidazole rings is 1. The summed E-state index contributed by atoms with van der Waals surface area (Å²) < 4.78 is 7.20. The van der Waals surface area contributed by atoms with Crippen LogP contribution < -0.4 is 0 Å². The van der Waals surface area contributed by atoms with E-state index in [1.54, 1.807) is 17.5 Å². The van der Waals surface area contributed by atoms with Gasteiger partial charge < -0.3 is 9.09 Å². The van der Waals surface area contributed by atoms with Crippen LogP contribution in [0.3, 0.4) is 0 Å². The van der Waals surface area contributed by atoms with E-state index in [1.165, 1.54) is 23.4 Å². The normalized spacial score (nSPS) is 14.2. The minimum atomic E-state index is 0.559. The molecule has 0 saturated heterocycles. The van der Waals surface area contributed by atoms with E-state index in [0.29, 0.717) is 18.3 Å². The third-order valence-corrected chi connectivity index (χ3v) is 5.03. The number of rotatable bonds is 4. The minimum Gasteiger partial charge on any atom is -0.339 e. The second kappa shape index (κ2) is 5.64. The predicted octanol–water partition coefficient (Wildman–Crippen LogP) is 2.88. The Hall–Kier alpha value is -2.02. The molecule has 0 bridgehead atoms. The third kappa shape index (κ3) is 2.45. The molecule has 0 aromatic carbocycles. The van der Waals surface area contributed by atoms with Crippen LogP contribution in [0.25, 0.3) is 10.8 Å². The zero-order valence-electron chi connectivity index (χ0n) is 12.4. The highest BCUT2D eigenvalue weighted by Gasteiger charge is 2.19. The van der Waals surface area contributed by atoms with Crippen LogP contribution in [0, 0.1) is 0 Å². The highest BCUT2D eigenvalue weighted by atomic mass is 32.1. The van der Waals surface area contributed by atoms with Crippen molar-refractivity contribution < 1.29 is 4.52 Å². The molecule has 1 aliphatic rings. The van der Waals surface area contributed by atoms with Gasteiger partial charge in [-0.15, -0.1) is 11.3 Å². The van der Waals surface area contributed by atoms with Crippen LogP contribution in [-0.2, 0) is 25.8 Å². The second-order valence-electron chi connectivity index (χ2n) is 5.43. The Bertz CT molecular complexity index is 764. The zero-order chi connectivity index (χ0) is 14.9. The lowest BCUT2D eigenvalue weighted by molar-refractivity contribution is 0.375. The van der Waals surface area contributed by atoms with Crippen LogP contribution in [0.5, 0.6) is 0 Å². The molecule has 0 saturated carbocycles. The van der Waals surface area contributed by atoms with Gasteiger partial charge in [-0.1, -0.05) is 12.1 Å². The van der Waals surface area contributed by atoms with Crippen molar-refractivity contribution in [1.82, 2.24) is 24.7 Å². The zero-order valence-corrected chi connectivity index (χ0v) is 13.3. The summed E-state index contributed by atoms with van der Waals surface area (Å²) in [7, 11) is 0. The van der Waals surface area contributed by atoms with Crippen LogP contribution in [-0.4, -0.2) is 24.7 Å². The molecule has 0 spiro atoms. The van der Waals surface area contributed by atoms with E-state index >= 15 is 0 Å². The Kier molecular flexibility index (Phi) is 3.49. The monoisotopic (exact) mass is 315 g/mol. The topological polar surface area (TPSA) is 69.6 Å². The minimum absolute atomic E-state index is 0.559. The lowest BCUT2D eigenvalue weighted by Gasteiger charge is -2.06. The van der Waals surface area contributed by atoms with E-state index in [4.69, 9.17) is 9.51 Å². The predicted molar refractivity (Wildman–Crippen MR) is 82.8 cm³/mol. The molecule has 4 rings (SSSR count). The molecule has 7 heteroatoms. The summed E-state index contributed by atoms with van der Waals surface area (Å²) in [6.45, 7) is 2.56. The maximum absolute atomic E-state index is 5.17. The molecule has 114 valence electrons. The summed E-state index contributed by atoms with van der Waals surface area (Å²) in [5.41, 5.74) is 1.26. The summed E-state index contributed by atoms with van der Waals surface area (Å²) in [4.78, 5) is 15.0. The van der Waals surface area contributed by atoms with Crippen LogP contribution >= 0.6 is 11.3 Å². The molecule has 0 aliphatic heterocycles. The molecule has 0 fully saturated rings. The first-order valence-electron chi connectivity index (χ1n) is 7.65. The molecule has 0 amide bonds. The van der Waals surface area contributed by atoms with Gasteiger partial charge in [0.05, 0.1) is 12.2 Å². The van der Waals surface area contributed by atoms with Crippen LogP contribution in [0.4, 0.5) is 0 Å². The average Bonchev–Trinajstić information content (AvgIpc) is 3.25. The molecule has 22 heavy (non-hydrogen) atoms. The van der Waals surface area contributed by atoms with Crippen LogP contribution in [0.2, 0.25) is 0 Å². The van der Waals surface area contributed by atoms with Gasteiger partial charge in [-0.2, -0.15) is 4.98 Å². The quantitative estimate of drug-likeness (QED) is 0.740. The van der Waals surface area contributed by atoms with Gasteiger partial charge in [-0.25, -0.2) is 9.97 Å². The fourth-order valence-electron chi connectivity index (χ4n) is 2.73. The number of aryl methyl sites for hydroxylation is 3. The maximum Gasteiger partial charge on any atom is 0.226 e. The van der Waals surface area contributed by atoms with Gasteiger partial charge in [-0.3, -0.25) is 0 Å². The first-order chi connectivity index (χ1) is 10.8. The average molecular weight is 315 g/mol. The second-order valence-corrected chi connectivity index (χ2v) is 6.52. The summed E-state index contributed by atoms with van der Waals surface area (Å²) in [6, 6.07) is 0. The smallest absolute Gasteiger partial charge is 0.226 e. The van der Waals surface area contributed by atoms with Crippen molar-refractivity contribution >= 4 is 11.3 Å². The molecule has 0 atom stereocenters. The Labute approximate surface area is 132 Å². The van der Waals surface area contributed by atoms with Crippen molar-refractivity contribution in [2.45, 2.75) is 45.6 Å². The fourth-order valence-corrected chi connectivity index (χ4v) is 3.90. The van der Waals surface area contributed by atoms with Crippen molar-refractivity contribution in [3.8, 4) is 10.8 Å². The summed E-state index contributed by atoms with van der Waals surface area (Å²) >= 11 is 1.77. The van der Waals surface area contributed by atoms with Gasteiger partial charge in [0.2, 0.25) is 5.89 Å². The summed E-state index contributed by atoms with van der Waals surface area (Å²) in [6.07, 6.45) is 9.26. The number of hydrogen-bond donors (Lipinski definition) is 0. The lowest BCUT2D eigenvalue weighted by Crippen LogP contribution is -2.03. The van der Waals surface area contributed by atoms with Gasteiger partial charge in [0, 0.05) is 23.7 Å². The largest absolute Gasteiger partial charge is 0.339 e. The Balaban J connectivity index is 1.63. The van der Waals surface area contributed by atoms with E-state index in [-0.39, 0.29) is 0 Å². The molecule has 3 aromatic heterocycles. The maximum atomic E-state index is 5.17. The fraction of sp³-hybridized carbons (Fsp3) is 0.467. The Morgan fingerprint density at radius 1 is 1.27 bits per heavy atom. The molecular formula is C15H17N5OS. The number of hydrogen-bond acceptors (Lipinski definition) is 6. The molecular weight excluding hydrogens is 298 g/mol. The first-order valence-corrected chi connectivity index (χ1v) is 8.46. The Morgan fingerprint density at radius 2 is 2.18 bits per heavy atom. The molecule has 0 unspecified atom stereocenters. The van der Waals surface area contributed by atoms with E-state index < -0.39 is 0 Å². The molecule has 6 nitrogen and oxygen atoms in total. The van der Waals surface area contributed by atoms with E-state index in [9.17, 15) is 0 Å². The molecule has 1 aliphatic carbocycles. The van der Waals surface area contributed by atoms with Crippen molar-refractivity contribution in [2.24, 2.45) is 0 Å². The van der Waals surface area contributed by atoms with Crippen molar-refractivity contribution in [3.63, 3.8) is 0 Å². The molecule has 0 N–H and O–H groups in total. The van der Waals surface area contributed by atoms with Crippen LogP contribution in [0.1, 0.15) is 42.1 Å². The first kappa shape index (κ1) is 13.6. The third-order valence-electron chi connectivity index (χ3n) is 3.88. The molecule has 0 radical (unpaired) electrons. The highest BCUT2D eigenvalue weighted by Crippen LogP contribution is 2.32. The summed E-state index contributed by atoms with van der Waals surface area (Å²) in [5, 5.41) is 5.01. The van der Waals surface area contributed by atoms with Gasteiger partial charge >= 0.3 is 0 Å². The summed E-state index contributed by atoms with van der Waals surface area (Å²) in [5.74, 6) is 2.24. The van der Waals surface area contributed by atoms with Crippen molar-refractivity contribution in [1.29, 1.82) is 0 Å². The van der Waals surface area contributed by atoms with Crippen LogP contribution in [0.15, 0.2) is 16.9 Å². The van der Waals surface area contributed by atoms with Gasteiger partial charge in [0.15, 0.2) is 16.7 Å². The van der Waals surface area contributed by atoms with Crippen molar-refractivity contribution in [3.05, 3.63) is 34.7 Å². The van der Waals surface area contributed by atoms with Gasteiger partial charge in [0.25, 0.3) is 0 Å². The standard InChI is InChI=1S/C15H17N5OS/c1-2-13-18-12(19-21-13)9-20-8-7-16-14(20)15-17-10-5-3-4-6-11(10)22-15/h7-8H,2-6,9H2,1H3. The van der Waals surface area contributed by atoms with Gasteiger partial charge in [0.1, 0.15) is 0 Å². The lowest BCUT2D eigenvalue weighted by atomic mass is 10.0. The van der Waals surface area contributed by atoms with E-state index in [1.807, 2.05) is 17.7 Å².